The maximum Gasteiger partial charge on any atom is 0.224 e. The first-order valence-electron chi connectivity index (χ1n) is 7.41. The minimum atomic E-state index is -0.00932. The molecule has 0 unspecified atom stereocenters. The molecule has 2 atom stereocenters. The Labute approximate surface area is 125 Å². The Morgan fingerprint density at radius 2 is 2.24 bits per heavy atom. The first kappa shape index (κ1) is 15.6. The molecule has 4 nitrogen and oxygen atoms in total. The molecule has 21 heavy (non-hydrogen) atoms. The average molecular weight is 289 g/mol. The van der Waals surface area contributed by atoms with Gasteiger partial charge in [-0.05, 0) is 38.0 Å². The first-order chi connectivity index (χ1) is 10.1. The number of carbonyl (C=O) groups is 1. The highest BCUT2D eigenvalue weighted by atomic mass is 16.5. The summed E-state index contributed by atoms with van der Waals surface area (Å²) in [5.74, 6) is 0.944. The molecule has 1 aliphatic carbocycles. The molecule has 1 aromatic carbocycles. The fraction of sp³-hybridized carbons (Fsp3) is 0.471. The summed E-state index contributed by atoms with van der Waals surface area (Å²) >= 11 is 0. The summed E-state index contributed by atoms with van der Waals surface area (Å²) in [5.41, 5.74) is 0.936. The number of ether oxygens (including phenoxy) is 1. The van der Waals surface area contributed by atoms with Crippen molar-refractivity contribution in [3.05, 3.63) is 42.0 Å². The van der Waals surface area contributed by atoms with Crippen molar-refractivity contribution >= 4 is 5.91 Å². The van der Waals surface area contributed by atoms with Crippen LogP contribution < -0.4 is 10.1 Å². The lowest BCUT2D eigenvalue weighted by molar-refractivity contribution is -0.120. The summed E-state index contributed by atoms with van der Waals surface area (Å²) in [5, 5.41) is 12.1. The molecule has 0 saturated carbocycles. The van der Waals surface area contributed by atoms with E-state index in [0.29, 0.717) is 6.42 Å². The summed E-state index contributed by atoms with van der Waals surface area (Å²) in [6, 6.07) is 7.66. The van der Waals surface area contributed by atoms with Gasteiger partial charge in [0.2, 0.25) is 5.91 Å². The number of benzene rings is 1. The number of carbonyl (C=O) groups excluding carboxylic acids is 1. The van der Waals surface area contributed by atoms with Crippen LogP contribution in [0.2, 0.25) is 0 Å². The van der Waals surface area contributed by atoms with Gasteiger partial charge in [-0.2, -0.15) is 0 Å². The Morgan fingerprint density at radius 3 is 2.90 bits per heavy atom. The van der Waals surface area contributed by atoms with Crippen LogP contribution in [0.4, 0.5) is 0 Å². The highest BCUT2D eigenvalue weighted by Gasteiger charge is 2.19. The van der Waals surface area contributed by atoms with Crippen LogP contribution in [-0.2, 0) is 11.2 Å². The van der Waals surface area contributed by atoms with Crippen molar-refractivity contribution in [1.29, 1.82) is 0 Å². The molecule has 4 heteroatoms. The third-order valence-electron chi connectivity index (χ3n) is 3.39. The van der Waals surface area contributed by atoms with Gasteiger partial charge in [0.1, 0.15) is 5.75 Å². The Kier molecular flexibility index (Phi) is 5.39. The summed E-state index contributed by atoms with van der Waals surface area (Å²) in [6.07, 6.45) is 5.15. The van der Waals surface area contributed by atoms with Gasteiger partial charge in [-0.15, -0.1) is 0 Å². The van der Waals surface area contributed by atoms with Gasteiger partial charge in [0.25, 0.3) is 0 Å². The molecule has 2 rings (SSSR count). The highest BCUT2D eigenvalue weighted by molar-refractivity contribution is 5.79. The topological polar surface area (TPSA) is 58.6 Å². The number of aliphatic hydroxyl groups is 1. The Morgan fingerprint density at radius 1 is 1.43 bits per heavy atom. The van der Waals surface area contributed by atoms with E-state index in [9.17, 15) is 4.79 Å². The van der Waals surface area contributed by atoms with Crippen LogP contribution in [0.5, 0.6) is 5.75 Å². The fourth-order valence-corrected chi connectivity index (χ4v) is 2.46. The van der Waals surface area contributed by atoms with Crippen molar-refractivity contribution in [3.8, 4) is 5.75 Å². The molecule has 2 N–H and O–H groups in total. The van der Waals surface area contributed by atoms with Gasteiger partial charge in [0.15, 0.2) is 0 Å². The van der Waals surface area contributed by atoms with E-state index in [-0.39, 0.29) is 30.6 Å². The van der Waals surface area contributed by atoms with Gasteiger partial charge in [-0.25, -0.2) is 0 Å². The van der Waals surface area contributed by atoms with Crippen LogP contribution in [0.15, 0.2) is 36.4 Å². The first-order valence-corrected chi connectivity index (χ1v) is 7.41. The van der Waals surface area contributed by atoms with E-state index in [1.54, 1.807) is 0 Å². The second-order valence-electron chi connectivity index (χ2n) is 5.73. The molecule has 1 amide bonds. The molecule has 0 heterocycles. The van der Waals surface area contributed by atoms with E-state index in [4.69, 9.17) is 9.84 Å². The summed E-state index contributed by atoms with van der Waals surface area (Å²) in [4.78, 5) is 12.0. The van der Waals surface area contributed by atoms with Gasteiger partial charge in [-0.3, -0.25) is 4.79 Å². The predicted octanol–water partition coefficient (Wildman–Crippen LogP) is 2.07. The van der Waals surface area contributed by atoms with Crippen LogP contribution in [0.3, 0.4) is 0 Å². The summed E-state index contributed by atoms with van der Waals surface area (Å²) < 4.78 is 5.63. The number of hydrogen-bond acceptors (Lipinski definition) is 3. The molecule has 0 radical (unpaired) electrons. The zero-order valence-electron chi connectivity index (χ0n) is 12.6. The number of rotatable bonds is 6. The van der Waals surface area contributed by atoms with Crippen molar-refractivity contribution in [3.63, 3.8) is 0 Å². The molecule has 0 fully saturated rings. The molecule has 114 valence electrons. The smallest absolute Gasteiger partial charge is 0.224 e. The second-order valence-corrected chi connectivity index (χ2v) is 5.73. The molecule has 0 bridgehead atoms. The zero-order chi connectivity index (χ0) is 15.2. The Hall–Kier alpha value is -1.81. The van der Waals surface area contributed by atoms with Gasteiger partial charge in [0.05, 0.1) is 12.5 Å². The normalized spacial score (nSPS) is 20.8. The third-order valence-corrected chi connectivity index (χ3v) is 3.39. The van der Waals surface area contributed by atoms with Crippen molar-refractivity contribution in [2.45, 2.75) is 38.8 Å². The SMILES string of the molecule is CC(C)Oc1cccc(CC(=O)N[C@@H]2C=C[C@H](CO)C2)c1. The van der Waals surface area contributed by atoms with E-state index in [1.807, 2.05) is 50.3 Å². The number of amides is 1. The molecule has 1 aromatic rings. The van der Waals surface area contributed by atoms with Crippen molar-refractivity contribution in [1.82, 2.24) is 5.32 Å². The lowest BCUT2D eigenvalue weighted by Gasteiger charge is -2.14. The monoisotopic (exact) mass is 289 g/mol. The standard InChI is InChI=1S/C17H23NO3/c1-12(2)21-16-5-3-4-13(9-16)10-17(20)18-15-7-6-14(8-15)11-19/h3-7,9,12,14-15,19H,8,10-11H2,1-2H3,(H,18,20)/t14-,15+/m0/s1. The molecular formula is C17H23NO3. The molecule has 0 spiro atoms. The molecule has 0 aromatic heterocycles. The molecule has 1 aliphatic rings. The van der Waals surface area contributed by atoms with Crippen LogP contribution in [0.25, 0.3) is 0 Å². The minimum absolute atomic E-state index is 0.00932. The lowest BCUT2D eigenvalue weighted by atomic mass is 10.1. The van der Waals surface area contributed by atoms with E-state index >= 15 is 0 Å². The number of aliphatic hydroxyl groups excluding tert-OH is 1. The van der Waals surface area contributed by atoms with Crippen LogP contribution in [0, 0.1) is 5.92 Å². The van der Waals surface area contributed by atoms with Crippen molar-refractivity contribution in [2.24, 2.45) is 5.92 Å². The van der Waals surface area contributed by atoms with E-state index in [0.717, 1.165) is 17.7 Å². The molecule has 0 aliphatic heterocycles. The molecule has 0 saturated heterocycles. The summed E-state index contributed by atoms with van der Waals surface area (Å²) in [6.45, 7) is 4.09. The van der Waals surface area contributed by atoms with Gasteiger partial charge < -0.3 is 15.2 Å². The summed E-state index contributed by atoms with van der Waals surface area (Å²) in [7, 11) is 0. The minimum Gasteiger partial charge on any atom is -0.491 e. The largest absolute Gasteiger partial charge is 0.491 e. The number of hydrogen-bond donors (Lipinski definition) is 2. The van der Waals surface area contributed by atoms with E-state index < -0.39 is 0 Å². The maximum absolute atomic E-state index is 12.0. The highest BCUT2D eigenvalue weighted by Crippen LogP contribution is 2.18. The van der Waals surface area contributed by atoms with Gasteiger partial charge >= 0.3 is 0 Å². The van der Waals surface area contributed by atoms with Crippen molar-refractivity contribution in [2.75, 3.05) is 6.61 Å². The van der Waals surface area contributed by atoms with Crippen molar-refractivity contribution < 1.29 is 14.6 Å². The van der Waals surface area contributed by atoms with Gasteiger partial charge in [0, 0.05) is 18.6 Å². The van der Waals surface area contributed by atoms with E-state index in [1.165, 1.54) is 0 Å². The quantitative estimate of drug-likeness (QED) is 0.788. The maximum atomic E-state index is 12.0. The second kappa shape index (κ2) is 7.27. The predicted molar refractivity (Wildman–Crippen MR) is 82.2 cm³/mol. The van der Waals surface area contributed by atoms with Crippen LogP contribution in [-0.4, -0.2) is 29.8 Å². The fourth-order valence-electron chi connectivity index (χ4n) is 2.46. The Balaban J connectivity index is 1.87. The van der Waals surface area contributed by atoms with Crippen LogP contribution >= 0.6 is 0 Å². The third kappa shape index (κ3) is 4.90. The average Bonchev–Trinajstić information content (AvgIpc) is 2.85. The Bertz CT molecular complexity index is 511. The zero-order valence-corrected chi connectivity index (χ0v) is 12.6. The van der Waals surface area contributed by atoms with E-state index in [2.05, 4.69) is 5.32 Å². The van der Waals surface area contributed by atoms with Gasteiger partial charge in [-0.1, -0.05) is 24.3 Å². The lowest BCUT2D eigenvalue weighted by Crippen LogP contribution is -2.34. The van der Waals surface area contributed by atoms with Crippen LogP contribution in [0.1, 0.15) is 25.8 Å². The molecular weight excluding hydrogens is 266 g/mol. The number of nitrogens with one attached hydrogen (secondary N) is 1.